The van der Waals surface area contributed by atoms with Crippen LogP contribution in [0.25, 0.3) is 0 Å². The van der Waals surface area contributed by atoms with E-state index in [1.165, 1.54) is 24.9 Å². The van der Waals surface area contributed by atoms with Crippen LogP contribution in [-0.4, -0.2) is 66.6 Å². The Morgan fingerprint density at radius 2 is 1.55 bits per heavy atom. The molecule has 2 aliphatic rings. The predicted octanol–water partition coefficient (Wildman–Crippen LogP) is 2.62. The lowest BCUT2D eigenvalue weighted by atomic mass is 10.1. The number of aromatic nitrogens is 2. The number of carbonyl (C=O) groups excluding carboxylic acids is 1. The molecule has 3 heterocycles. The van der Waals surface area contributed by atoms with Crippen molar-refractivity contribution >= 4 is 23.2 Å². The summed E-state index contributed by atoms with van der Waals surface area (Å²) < 4.78 is 0. The van der Waals surface area contributed by atoms with Crippen molar-refractivity contribution in [2.24, 2.45) is 0 Å². The maximum atomic E-state index is 12.5. The van der Waals surface area contributed by atoms with Gasteiger partial charge in [-0.1, -0.05) is 0 Å². The molecule has 2 aromatic rings. The van der Waals surface area contributed by atoms with Crippen molar-refractivity contribution in [3.05, 3.63) is 42.7 Å². The van der Waals surface area contributed by atoms with E-state index in [0.717, 1.165) is 50.9 Å². The zero-order valence-electron chi connectivity index (χ0n) is 17.0. The lowest BCUT2D eigenvalue weighted by Gasteiger charge is -2.34. The largest absolute Gasteiger partial charge is 0.385 e. The molecule has 2 saturated heterocycles. The fraction of sp³-hybridized carbons (Fsp3) is 0.500. The van der Waals surface area contributed by atoms with Crippen molar-refractivity contribution in [3.63, 3.8) is 0 Å². The Morgan fingerprint density at radius 3 is 2.24 bits per heavy atom. The molecule has 2 fully saturated rings. The minimum atomic E-state index is 0.205. The lowest BCUT2D eigenvalue weighted by Crippen LogP contribution is -2.49. The fourth-order valence-electron chi connectivity index (χ4n) is 4.02. The molecule has 2 aliphatic heterocycles. The molecule has 4 rings (SSSR count). The van der Waals surface area contributed by atoms with Crippen LogP contribution in [0.1, 0.15) is 25.7 Å². The first kappa shape index (κ1) is 19.5. The van der Waals surface area contributed by atoms with Crippen LogP contribution in [0.5, 0.6) is 0 Å². The van der Waals surface area contributed by atoms with Crippen LogP contribution in [0.15, 0.2) is 42.7 Å². The highest BCUT2D eigenvalue weighted by atomic mass is 16.2. The van der Waals surface area contributed by atoms with Crippen LogP contribution in [0.3, 0.4) is 0 Å². The highest BCUT2D eigenvalue weighted by Crippen LogP contribution is 2.21. The summed E-state index contributed by atoms with van der Waals surface area (Å²) in [5.41, 5.74) is 2.37. The monoisotopic (exact) mass is 394 g/mol. The van der Waals surface area contributed by atoms with E-state index >= 15 is 0 Å². The highest BCUT2D eigenvalue weighted by molar-refractivity contribution is 5.77. The Kier molecular flexibility index (Phi) is 6.44. The minimum Gasteiger partial charge on any atom is -0.385 e. The van der Waals surface area contributed by atoms with Gasteiger partial charge in [0.25, 0.3) is 0 Å². The van der Waals surface area contributed by atoms with Gasteiger partial charge in [-0.2, -0.15) is 0 Å². The van der Waals surface area contributed by atoms with Crippen molar-refractivity contribution in [3.8, 4) is 0 Å². The van der Waals surface area contributed by atoms with Crippen molar-refractivity contribution < 1.29 is 4.79 Å². The second-order valence-electron chi connectivity index (χ2n) is 7.69. The molecule has 1 amide bonds. The van der Waals surface area contributed by atoms with E-state index in [4.69, 9.17) is 0 Å². The van der Waals surface area contributed by atoms with E-state index in [1.807, 2.05) is 11.0 Å². The van der Waals surface area contributed by atoms with Gasteiger partial charge in [-0.15, -0.1) is 0 Å². The molecule has 0 saturated carbocycles. The Bertz CT molecular complexity index is 768. The Balaban J connectivity index is 1.18. The normalized spacial score (nSPS) is 17.3. The SMILES string of the molecule is O=C(CCNc1ccc(N2CCCCC2)cc1)N1CCN(c2ncccn2)CC1. The number of rotatable bonds is 6. The number of anilines is 3. The van der Waals surface area contributed by atoms with E-state index in [2.05, 4.69) is 49.4 Å². The maximum absolute atomic E-state index is 12.5. The summed E-state index contributed by atoms with van der Waals surface area (Å²) in [5.74, 6) is 0.949. The van der Waals surface area contributed by atoms with E-state index in [9.17, 15) is 4.79 Å². The number of piperidine rings is 1. The van der Waals surface area contributed by atoms with Crippen molar-refractivity contribution in [1.82, 2.24) is 14.9 Å². The standard InChI is InChI=1S/C22H30N6O/c29-21(27-15-17-28(18-16-27)22-24-10-4-11-25-22)9-12-23-19-5-7-20(8-6-19)26-13-2-1-3-14-26/h4-8,10-11,23H,1-3,9,12-18H2. The zero-order valence-corrected chi connectivity index (χ0v) is 17.0. The van der Waals surface area contributed by atoms with Crippen molar-refractivity contribution in [1.29, 1.82) is 0 Å². The maximum Gasteiger partial charge on any atom is 0.225 e. The van der Waals surface area contributed by atoms with Crippen LogP contribution in [-0.2, 0) is 4.79 Å². The molecule has 29 heavy (non-hydrogen) atoms. The molecule has 0 aliphatic carbocycles. The zero-order chi connectivity index (χ0) is 19.9. The van der Waals surface area contributed by atoms with Gasteiger partial charge >= 0.3 is 0 Å². The van der Waals surface area contributed by atoms with E-state index in [0.29, 0.717) is 13.0 Å². The number of hydrogen-bond donors (Lipinski definition) is 1. The van der Waals surface area contributed by atoms with Gasteiger partial charge in [0.05, 0.1) is 0 Å². The van der Waals surface area contributed by atoms with E-state index in [1.54, 1.807) is 12.4 Å². The molecule has 0 spiro atoms. The number of piperazine rings is 1. The molecular weight excluding hydrogens is 364 g/mol. The number of nitrogens with zero attached hydrogens (tertiary/aromatic N) is 5. The quantitative estimate of drug-likeness (QED) is 0.813. The summed E-state index contributed by atoms with van der Waals surface area (Å²) in [4.78, 5) is 27.6. The Morgan fingerprint density at radius 1 is 0.862 bits per heavy atom. The van der Waals surface area contributed by atoms with Gasteiger partial charge in [0.15, 0.2) is 0 Å². The first-order valence-corrected chi connectivity index (χ1v) is 10.7. The molecular formula is C22H30N6O. The van der Waals surface area contributed by atoms with Crippen LogP contribution in [0.2, 0.25) is 0 Å². The molecule has 0 unspecified atom stereocenters. The first-order chi connectivity index (χ1) is 14.3. The summed E-state index contributed by atoms with van der Waals surface area (Å²) in [6.07, 6.45) is 7.94. The number of carbonyl (C=O) groups is 1. The molecule has 1 aromatic carbocycles. The fourth-order valence-corrected chi connectivity index (χ4v) is 4.02. The molecule has 1 N–H and O–H groups in total. The van der Waals surface area contributed by atoms with Gasteiger partial charge in [-0.05, 0) is 49.6 Å². The van der Waals surface area contributed by atoms with Crippen molar-refractivity contribution in [2.75, 3.05) is 60.9 Å². The summed E-state index contributed by atoms with van der Waals surface area (Å²) in [7, 11) is 0. The van der Waals surface area contributed by atoms with Crippen LogP contribution in [0, 0.1) is 0 Å². The lowest BCUT2D eigenvalue weighted by molar-refractivity contribution is -0.131. The van der Waals surface area contributed by atoms with Crippen LogP contribution < -0.4 is 15.1 Å². The number of hydrogen-bond acceptors (Lipinski definition) is 6. The van der Waals surface area contributed by atoms with Crippen LogP contribution in [0.4, 0.5) is 17.3 Å². The van der Waals surface area contributed by atoms with E-state index in [-0.39, 0.29) is 5.91 Å². The van der Waals surface area contributed by atoms with E-state index < -0.39 is 0 Å². The first-order valence-electron chi connectivity index (χ1n) is 10.7. The average Bonchev–Trinajstić information content (AvgIpc) is 2.81. The third-order valence-corrected chi connectivity index (χ3v) is 5.72. The Labute approximate surface area is 172 Å². The van der Waals surface area contributed by atoms with Gasteiger partial charge in [0.2, 0.25) is 11.9 Å². The third-order valence-electron chi connectivity index (χ3n) is 5.72. The minimum absolute atomic E-state index is 0.205. The molecule has 7 nitrogen and oxygen atoms in total. The number of benzene rings is 1. The predicted molar refractivity (Wildman–Crippen MR) is 116 cm³/mol. The van der Waals surface area contributed by atoms with Crippen molar-refractivity contribution in [2.45, 2.75) is 25.7 Å². The molecule has 1 aromatic heterocycles. The topological polar surface area (TPSA) is 64.6 Å². The van der Waals surface area contributed by atoms with Crippen LogP contribution >= 0.6 is 0 Å². The molecule has 0 bridgehead atoms. The average molecular weight is 395 g/mol. The summed E-state index contributed by atoms with van der Waals surface area (Å²) in [6, 6.07) is 10.4. The highest BCUT2D eigenvalue weighted by Gasteiger charge is 2.22. The second kappa shape index (κ2) is 9.58. The summed E-state index contributed by atoms with van der Waals surface area (Å²) in [6.45, 7) is 5.98. The molecule has 7 heteroatoms. The molecule has 154 valence electrons. The van der Waals surface area contributed by atoms with Gasteiger partial charge < -0.3 is 20.0 Å². The number of amides is 1. The number of nitrogens with one attached hydrogen (secondary N) is 1. The Hall–Kier alpha value is -2.83. The molecule has 0 radical (unpaired) electrons. The smallest absolute Gasteiger partial charge is 0.225 e. The summed E-state index contributed by atoms with van der Waals surface area (Å²) >= 11 is 0. The molecule has 0 atom stereocenters. The van der Waals surface area contributed by atoms with Gasteiger partial charge in [0.1, 0.15) is 0 Å². The second-order valence-corrected chi connectivity index (χ2v) is 7.69. The van der Waals surface area contributed by atoms with Gasteiger partial charge in [-0.3, -0.25) is 4.79 Å². The third kappa shape index (κ3) is 5.16. The van der Waals surface area contributed by atoms with Gasteiger partial charge in [-0.25, -0.2) is 9.97 Å². The summed E-state index contributed by atoms with van der Waals surface area (Å²) in [5, 5.41) is 3.38. The van der Waals surface area contributed by atoms with Gasteiger partial charge in [0, 0.05) is 76.0 Å².